The van der Waals surface area contributed by atoms with Gasteiger partial charge in [-0.15, -0.1) is 0 Å². The van der Waals surface area contributed by atoms with Crippen LogP contribution < -0.4 is 5.73 Å². The number of aryl methyl sites for hydroxylation is 1. The van der Waals surface area contributed by atoms with Crippen LogP contribution in [0.4, 0.5) is 5.82 Å². The highest BCUT2D eigenvalue weighted by molar-refractivity contribution is 9.10. The van der Waals surface area contributed by atoms with Crippen LogP contribution in [-0.2, 0) is 0 Å². The van der Waals surface area contributed by atoms with Gasteiger partial charge in [-0.25, -0.2) is 4.98 Å². The minimum Gasteiger partial charge on any atom is -0.383 e. The van der Waals surface area contributed by atoms with Crippen LogP contribution in [0.2, 0.25) is 0 Å². The summed E-state index contributed by atoms with van der Waals surface area (Å²) in [6.45, 7) is 1.96. The van der Waals surface area contributed by atoms with Crippen molar-refractivity contribution in [3.05, 3.63) is 34.3 Å². The number of benzene rings is 1. The molecule has 2 aromatic rings. The van der Waals surface area contributed by atoms with Gasteiger partial charge in [0.1, 0.15) is 5.82 Å². The van der Waals surface area contributed by atoms with E-state index in [2.05, 4.69) is 20.9 Å². The summed E-state index contributed by atoms with van der Waals surface area (Å²) in [4.78, 5) is 4.28. The van der Waals surface area contributed by atoms with E-state index >= 15 is 0 Å². The number of anilines is 1. The van der Waals surface area contributed by atoms with Gasteiger partial charge < -0.3 is 5.73 Å². The van der Waals surface area contributed by atoms with Crippen molar-refractivity contribution in [2.45, 2.75) is 6.92 Å². The third kappa shape index (κ3) is 1.40. The molecule has 0 radical (unpaired) electrons. The fourth-order valence-electron chi connectivity index (χ4n) is 1.27. The van der Waals surface area contributed by atoms with Gasteiger partial charge in [0.2, 0.25) is 0 Å². The van der Waals surface area contributed by atoms with Crippen molar-refractivity contribution in [1.82, 2.24) is 4.98 Å². The van der Waals surface area contributed by atoms with Crippen molar-refractivity contribution in [2.24, 2.45) is 0 Å². The highest BCUT2D eigenvalue weighted by Gasteiger charge is 2.01. The smallest absolute Gasteiger partial charge is 0.127 e. The lowest BCUT2D eigenvalue weighted by molar-refractivity contribution is 1.34. The third-order valence-corrected chi connectivity index (χ3v) is 2.73. The third-order valence-electron chi connectivity index (χ3n) is 2.04. The van der Waals surface area contributed by atoms with Crippen LogP contribution in [0.5, 0.6) is 0 Å². The van der Waals surface area contributed by atoms with Crippen LogP contribution in [0.1, 0.15) is 5.56 Å². The Morgan fingerprint density at radius 2 is 2.15 bits per heavy atom. The number of hydrogen-bond acceptors (Lipinski definition) is 2. The zero-order valence-corrected chi connectivity index (χ0v) is 8.80. The van der Waals surface area contributed by atoms with Gasteiger partial charge in [-0.2, -0.15) is 0 Å². The molecule has 0 fully saturated rings. The van der Waals surface area contributed by atoms with E-state index in [1.54, 1.807) is 0 Å². The predicted octanol–water partition coefficient (Wildman–Crippen LogP) is 2.89. The summed E-state index contributed by atoms with van der Waals surface area (Å²) in [5, 5.41) is 1.11. The standard InChI is InChI=1S/C10H9BrN2/c1-6-5-7-8(11)3-2-4-9(7)13-10(6)12/h2-5H,1H3,(H2,12,13). The van der Waals surface area contributed by atoms with Gasteiger partial charge in [0.15, 0.2) is 0 Å². The van der Waals surface area contributed by atoms with E-state index in [0.29, 0.717) is 5.82 Å². The van der Waals surface area contributed by atoms with Gasteiger partial charge in [0.25, 0.3) is 0 Å². The van der Waals surface area contributed by atoms with Crippen LogP contribution in [-0.4, -0.2) is 4.98 Å². The van der Waals surface area contributed by atoms with Crippen molar-refractivity contribution < 1.29 is 0 Å². The molecule has 2 nitrogen and oxygen atoms in total. The monoisotopic (exact) mass is 236 g/mol. The van der Waals surface area contributed by atoms with Gasteiger partial charge in [-0.05, 0) is 30.7 Å². The number of rotatable bonds is 0. The van der Waals surface area contributed by atoms with Gasteiger partial charge in [-0.1, -0.05) is 22.0 Å². The lowest BCUT2D eigenvalue weighted by Gasteiger charge is -2.03. The first-order chi connectivity index (χ1) is 6.18. The van der Waals surface area contributed by atoms with E-state index in [0.717, 1.165) is 20.9 Å². The normalized spacial score (nSPS) is 10.6. The predicted molar refractivity (Wildman–Crippen MR) is 58.6 cm³/mol. The van der Waals surface area contributed by atoms with E-state index in [4.69, 9.17) is 5.73 Å². The molecule has 0 spiro atoms. The summed E-state index contributed by atoms with van der Waals surface area (Å²) in [6.07, 6.45) is 0. The molecule has 3 heteroatoms. The number of nitrogens with zero attached hydrogens (tertiary/aromatic N) is 1. The first-order valence-corrected chi connectivity index (χ1v) is 4.79. The molecular formula is C10H9BrN2. The van der Waals surface area contributed by atoms with E-state index in [-0.39, 0.29) is 0 Å². The zero-order chi connectivity index (χ0) is 9.42. The number of hydrogen-bond donors (Lipinski definition) is 1. The summed E-state index contributed by atoms with van der Waals surface area (Å²) in [5.74, 6) is 0.602. The average Bonchev–Trinajstić information content (AvgIpc) is 2.09. The minimum atomic E-state index is 0.602. The van der Waals surface area contributed by atoms with E-state index < -0.39 is 0 Å². The van der Waals surface area contributed by atoms with Crippen molar-refractivity contribution in [3.63, 3.8) is 0 Å². The first kappa shape index (κ1) is 8.51. The van der Waals surface area contributed by atoms with Crippen molar-refractivity contribution >= 4 is 32.7 Å². The summed E-state index contributed by atoms with van der Waals surface area (Å²) in [6, 6.07) is 7.95. The highest BCUT2D eigenvalue weighted by atomic mass is 79.9. The van der Waals surface area contributed by atoms with Crippen LogP contribution in [0.25, 0.3) is 10.9 Å². The molecule has 2 N–H and O–H groups in total. The molecule has 2 rings (SSSR count). The molecule has 0 aliphatic rings. The SMILES string of the molecule is Cc1cc2c(Br)cccc2nc1N. The molecule has 0 saturated carbocycles. The van der Waals surface area contributed by atoms with Crippen molar-refractivity contribution in [1.29, 1.82) is 0 Å². The lowest BCUT2D eigenvalue weighted by Crippen LogP contribution is -1.94. The van der Waals surface area contributed by atoms with Crippen LogP contribution in [0.15, 0.2) is 28.7 Å². The van der Waals surface area contributed by atoms with Gasteiger partial charge in [-0.3, -0.25) is 0 Å². The summed E-state index contributed by atoms with van der Waals surface area (Å²) < 4.78 is 1.06. The Labute approximate surface area is 84.9 Å². The van der Waals surface area contributed by atoms with Crippen LogP contribution in [0, 0.1) is 6.92 Å². The number of nitrogen functional groups attached to an aromatic ring is 1. The highest BCUT2D eigenvalue weighted by Crippen LogP contribution is 2.24. The quantitative estimate of drug-likeness (QED) is 0.765. The summed E-state index contributed by atoms with van der Waals surface area (Å²) in [7, 11) is 0. The van der Waals surface area contributed by atoms with Crippen LogP contribution >= 0.6 is 15.9 Å². The van der Waals surface area contributed by atoms with Crippen LogP contribution in [0.3, 0.4) is 0 Å². The Morgan fingerprint density at radius 1 is 1.38 bits per heavy atom. The second-order valence-electron chi connectivity index (χ2n) is 3.00. The van der Waals surface area contributed by atoms with E-state index in [1.807, 2.05) is 31.2 Å². The maximum Gasteiger partial charge on any atom is 0.127 e. The molecule has 66 valence electrons. The number of aromatic nitrogens is 1. The maximum absolute atomic E-state index is 5.71. The zero-order valence-electron chi connectivity index (χ0n) is 7.21. The first-order valence-electron chi connectivity index (χ1n) is 4.00. The van der Waals surface area contributed by atoms with E-state index in [1.165, 1.54) is 0 Å². The molecule has 1 heterocycles. The maximum atomic E-state index is 5.71. The fraction of sp³-hybridized carbons (Fsp3) is 0.100. The second-order valence-corrected chi connectivity index (χ2v) is 3.85. The summed E-state index contributed by atoms with van der Waals surface area (Å²) >= 11 is 3.47. The number of pyridine rings is 1. The summed E-state index contributed by atoms with van der Waals surface area (Å²) in [5.41, 5.74) is 7.65. The molecular weight excluding hydrogens is 228 g/mol. The molecule has 0 unspecified atom stereocenters. The van der Waals surface area contributed by atoms with E-state index in [9.17, 15) is 0 Å². The van der Waals surface area contributed by atoms with Crippen molar-refractivity contribution in [3.8, 4) is 0 Å². The van der Waals surface area contributed by atoms with Gasteiger partial charge in [0.05, 0.1) is 5.52 Å². The molecule has 0 aliphatic carbocycles. The topological polar surface area (TPSA) is 38.9 Å². The largest absolute Gasteiger partial charge is 0.383 e. The molecule has 0 atom stereocenters. The van der Waals surface area contributed by atoms with Gasteiger partial charge >= 0.3 is 0 Å². The molecule has 0 bridgehead atoms. The Hall–Kier alpha value is -1.09. The molecule has 0 aliphatic heterocycles. The number of halogens is 1. The van der Waals surface area contributed by atoms with Gasteiger partial charge in [0, 0.05) is 9.86 Å². The fourth-order valence-corrected chi connectivity index (χ4v) is 1.74. The minimum absolute atomic E-state index is 0.602. The van der Waals surface area contributed by atoms with Crippen molar-refractivity contribution in [2.75, 3.05) is 5.73 Å². The Kier molecular flexibility index (Phi) is 1.96. The second kappa shape index (κ2) is 3.00. The Morgan fingerprint density at radius 3 is 2.92 bits per heavy atom. The Bertz CT molecular complexity index is 466. The molecule has 1 aromatic heterocycles. The number of fused-ring (bicyclic) bond motifs is 1. The molecule has 13 heavy (non-hydrogen) atoms. The molecule has 1 aromatic carbocycles. The average molecular weight is 237 g/mol. The Balaban J connectivity index is 2.89. The molecule has 0 saturated heterocycles. The molecule has 0 amide bonds. The number of nitrogens with two attached hydrogens (primary N) is 1. The lowest BCUT2D eigenvalue weighted by atomic mass is 10.1.